The summed E-state index contributed by atoms with van der Waals surface area (Å²) in [6.07, 6.45) is -0.562. The second-order valence-corrected chi connectivity index (χ2v) is 6.60. The first-order valence-corrected chi connectivity index (χ1v) is 8.71. The molecule has 0 saturated heterocycles. The number of fused-ring (bicyclic) bond motifs is 1. The first kappa shape index (κ1) is 18.9. The number of aromatic nitrogens is 3. The molecule has 0 fully saturated rings. The first-order chi connectivity index (χ1) is 13.8. The van der Waals surface area contributed by atoms with Gasteiger partial charge in [-0.05, 0) is 26.0 Å². The Bertz CT molecular complexity index is 1080. The van der Waals surface area contributed by atoms with Gasteiger partial charge in [0.25, 0.3) is 0 Å². The first-order valence-electron chi connectivity index (χ1n) is 8.71. The van der Waals surface area contributed by atoms with Gasteiger partial charge in [0, 0.05) is 24.2 Å². The molecule has 1 N–H and O–H groups in total. The number of alkyl halides is 3. The van der Waals surface area contributed by atoms with Crippen molar-refractivity contribution < 1.29 is 22.3 Å². The summed E-state index contributed by atoms with van der Waals surface area (Å²) < 4.78 is 52.2. The Morgan fingerprint density at radius 1 is 1.24 bits per heavy atom. The molecule has 10 heteroatoms. The fourth-order valence-electron chi connectivity index (χ4n) is 3.20. The predicted octanol–water partition coefficient (Wildman–Crippen LogP) is 4.37. The molecular weight excluding hydrogens is 387 g/mol. The Morgan fingerprint density at radius 3 is 2.69 bits per heavy atom. The van der Waals surface area contributed by atoms with Gasteiger partial charge in [0.2, 0.25) is 0 Å². The van der Waals surface area contributed by atoms with Crippen LogP contribution >= 0.6 is 0 Å². The zero-order valence-corrected chi connectivity index (χ0v) is 15.9. The van der Waals surface area contributed by atoms with Crippen LogP contribution < -0.4 is 10.1 Å². The van der Waals surface area contributed by atoms with Gasteiger partial charge in [0.05, 0.1) is 29.8 Å². The number of methoxy groups -OCH3 is 1. The molecule has 29 heavy (non-hydrogen) atoms. The SMILES string of the molecule is COc1cc(NC2=CN(C(F)(F)F)Cn3cc(C)nc32)ccc1-c1ocnc1C. The third kappa shape index (κ3) is 3.53. The van der Waals surface area contributed by atoms with Crippen LogP contribution in [0.15, 0.2) is 41.4 Å². The summed E-state index contributed by atoms with van der Waals surface area (Å²) in [5.74, 6) is 1.50. The Labute approximate surface area is 164 Å². The maximum atomic E-state index is 13.3. The molecule has 0 amide bonds. The zero-order valence-electron chi connectivity index (χ0n) is 15.9. The maximum absolute atomic E-state index is 13.3. The molecule has 0 atom stereocenters. The van der Waals surface area contributed by atoms with Crippen LogP contribution in [0.1, 0.15) is 17.2 Å². The van der Waals surface area contributed by atoms with E-state index >= 15 is 0 Å². The van der Waals surface area contributed by atoms with Crippen molar-refractivity contribution in [2.24, 2.45) is 0 Å². The van der Waals surface area contributed by atoms with Crippen LogP contribution in [0, 0.1) is 13.8 Å². The quantitative estimate of drug-likeness (QED) is 0.651. The van der Waals surface area contributed by atoms with Crippen LogP contribution in [0.5, 0.6) is 5.75 Å². The van der Waals surface area contributed by atoms with Crippen molar-refractivity contribution in [2.45, 2.75) is 26.8 Å². The molecule has 0 aliphatic carbocycles. The average molecular weight is 405 g/mol. The standard InChI is InChI=1S/C19H18F3N5O2/c1-11-7-26-10-27(19(20,21)22)8-15(18(26)24-11)25-13-4-5-14(16(6-13)28-3)17-12(2)23-9-29-17/h4-9,25H,10H2,1-3H3. The van der Waals surface area contributed by atoms with E-state index in [0.29, 0.717) is 44.9 Å². The molecule has 4 rings (SSSR count). The lowest BCUT2D eigenvalue weighted by atomic mass is 10.1. The van der Waals surface area contributed by atoms with E-state index in [9.17, 15) is 13.2 Å². The van der Waals surface area contributed by atoms with Gasteiger partial charge < -0.3 is 19.0 Å². The highest BCUT2D eigenvalue weighted by Gasteiger charge is 2.38. The number of ether oxygens (including phenoxy) is 1. The number of nitrogens with one attached hydrogen (secondary N) is 1. The van der Waals surface area contributed by atoms with E-state index in [1.54, 1.807) is 31.3 Å². The Morgan fingerprint density at radius 2 is 2.03 bits per heavy atom. The van der Waals surface area contributed by atoms with Gasteiger partial charge in [0.15, 0.2) is 18.0 Å². The van der Waals surface area contributed by atoms with Crippen molar-refractivity contribution in [1.82, 2.24) is 19.4 Å². The largest absolute Gasteiger partial charge is 0.496 e. The van der Waals surface area contributed by atoms with Crippen LogP contribution in [0.4, 0.5) is 18.9 Å². The molecule has 7 nitrogen and oxygen atoms in total. The van der Waals surface area contributed by atoms with Gasteiger partial charge in [0.1, 0.15) is 12.4 Å². The molecule has 0 saturated carbocycles. The molecule has 0 bridgehead atoms. The van der Waals surface area contributed by atoms with Crippen LogP contribution in [-0.4, -0.2) is 32.8 Å². The van der Waals surface area contributed by atoms with Gasteiger partial charge in [-0.2, -0.15) is 13.2 Å². The van der Waals surface area contributed by atoms with Crippen LogP contribution in [0.25, 0.3) is 17.0 Å². The summed E-state index contributed by atoms with van der Waals surface area (Å²) in [7, 11) is 1.51. The third-order valence-corrected chi connectivity index (χ3v) is 4.52. The summed E-state index contributed by atoms with van der Waals surface area (Å²) in [4.78, 5) is 8.71. The lowest BCUT2D eigenvalue weighted by Gasteiger charge is -2.29. The summed E-state index contributed by atoms with van der Waals surface area (Å²) >= 11 is 0. The molecule has 152 valence electrons. The number of nitrogens with zero attached hydrogens (tertiary/aromatic N) is 4. The minimum absolute atomic E-state index is 0.229. The van der Waals surface area contributed by atoms with Crippen molar-refractivity contribution in [3.63, 3.8) is 0 Å². The fourth-order valence-corrected chi connectivity index (χ4v) is 3.20. The number of anilines is 1. The lowest BCUT2D eigenvalue weighted by molar-refractivity contribution is -0.237. The number of hydrogen-bond donors (Lipinski definition) is 1. The zero-order chi connectivity index (χ0) is 20.8. The highest BCUT2D eigenvalue weighted by atomic mass is 19.4. The van der Waals surface area contributed by atoms with E-state index in [2.05, 4.69) is 15.3 Å². The number of aryl methyl sites for hydroxylation is 2. The van der Waals surface area contributed by atoms with Crippen LogP contribution in [0.2, 0.25) is 0 Å². The van der Waals surface area contributed by atoms with Gasteiger partial charge in [-0.15, -0.1) is 0 Å². The monoisotopic (exact) mass is 405 g/mol. The average Bonchev–Trinajstić information content (AvgIpc) is 3.25. The highest BCUT2D eigenvalue weighted by Crippen LogP contribution is 2.36. The number of rotatable bonds is 4. The molecule has 0 radical (unpaired) electrons. The van der Waals surface area contributed by atoms with E-state index in [1.807, 2.05) is 6.92 Å². The fraction of sp³-hybridized carbons (Fsp3) is 0.263. The lowest BCUT2D eigenvalue weighted by Crippen LogP contribution is -2.38. The van der Waals surface area contributed by atoms with Crippen molar-refractivity contribution in [1.29, 1.82) is 0 Å². The summed E-state index contributed by atoms with van der Waals surface area (Å²) in [5, 5.41) is 3.02. The molecule has 0 unspecified atom stereocenters. The van der Waals surface area contributed by atoms with E-state index in [4.69, 9.17) is 9.15 Å². The second kappa shape index (κ2) is 6.87. The summed E-state index contributed by atoms with van der Waals surface area (Å²) in [6.45, 7) is 3.20. The van der Waals surface area contributed by atoms with E-state index in [1.165, 1.54) is 18.1 Å². The predicted molar refractivity (Wildman–Crippen MR) is 99.7 cm³/mol. The number of oxazole rings is 1. The van der Waals surface area contributed by atoms with Crippen molar-refractivity contribution in [2.75, 3.05) is 12.4 Å². The molecule has 0 spiro atoms. The van der Waals surface area contributed by atoms with Gasteiger partial charge in [-0.1, -0.05) is 0 Å². The second-order valence-electron chi connectivity index (χ2n) is 6.60. The topological polar surface area (TPSA) is 68.3 Å². The van der Waals surface area contributed by atoms with E-state index in [0.717, 1.165) is 6.20 Å². The number of hydrogen-bond acceptors (Lipinski definition) is 6. The molecule has 3 aromatic rings. The molecule has 1 aliphatic rings. The summed E-state index contributed by atoms with van der Waals surface area (Å²) in [5.41, 5.74) is 2.81. The number of benzene rings is 1. The Kier molecular flexibility index (Phi) is 4.48. The van der Waals surface area contributed by atoms with Crippen molar-refractivity contribution in [3.8, 4) is 17.1 Å². The normalized spacial score (nSPS) is 13.9. The summed E-state index contributed by atoms with van der Waals surface area (Å²) in [6, 6.07) is 5.18. The minimum atomic E-state index is -4.51. The van der Waals surface area contributed by atoms with Gasteiger partial charge in [-0.3, -0.25) is 4.90 Å². The van der Waals surface area contributed by atoms with E-state index < -0.39 is 6.30 Å². The van der Waals surface area contributed by atoms with E-state index in [-0.39, 0.29) is 12.4 Å². The van der Waals surface area contributed by atoms with Crippen LogP contribution in [0.3, 0.4) is 0 Å². The van der Waals surface area contributed by atoms with Gasteiger partial charge >= 0.3 is 6.30 Å². The van der Waals surface area contributed by atoms with Gasteiger partial charge in [-0.25, -0.2) is 9.97 Å². The number of imidazole rings is 1. The van der Waals surface area contributed by atoms with Crippen molar-refractivity contribution in [3.05, 3.63) is 54.2 Å². The molecular formula is C19H18F3N5O2. The maximum Gasteiger partial charge on any atom is 0.485 e. The molecule has 1 aromatic carbocycles. The molecule has 3 heterocycles. The minimum Gasteiger partial charge on any atom is -0.496 e. The molecule has 1 aliphatic heterocycles. The Hall–Kier alpha value is -3.43. The Balaban J connectivity index is 1.70. The smallest absolute Gasteiger partial charge is 0.485 e. The van der Waals surface area contributed by atoms with Crippen molar-refractivity contribution >= 4 is 11.4 Å². The third-order valence-electron chi connectivity index (χ3n) is 4.52. The van der Waals surface area contributed by atoms with Crippen LogP contribution in [-0.2, 0) is 6.67 Å². The highest BCUT2D eigenvalue weighted by molar-refractivity contribution is 5.78. The molecule has 2 aromatic heterocycles. The number of halogens is 3.